The molecule has 0 heterocycles. The van der Waals surface area contributed by atoms with Gasteiger partial charge in [0.1, 0.15) is 0 Å². The van der Waals surface area contributed by atoms with Crippen molar-refractivity contribution in [3.63, 3.8) is 0 Å². The van der Waals surface area contributed by atoms with Crippen LogP contribution in [0.1, 0.15) is 42.4 Å². The third-order valence-corrected chi connectivity index (χ3v) is 3.82. The van der Waals surface area contributed by atoms with Crippen molar-refractivity contribution in [2.24, 2.45) is 5.41 Å². The summed E-state index contributed by atoms with van der Waals surface area (Å²) in [6.45, 7) is 7.01. The van der Waals surface area contributed by atoms with Crippen LogP contribution in [-0.2, 0) is 0 Å². The molecule has 0 N–H and O–H groups in total. The Morgan fingerprint density at radius 1 is 1.17 bits per heavy atom. The van der Waals surface area contributed by atoms with Gasteiger partial charge in [0.25, 0.3) is 0 Å². The normalized spacial score (nSPS) is 33.2. The maximum absolute atomic E-state index is 2.40. The summed E-state index contributed by atoms with van der Waals surface area (Å²) in [6.07, 6.45) is 0. The number of hydrogen-bond donors (Lipinski definition) is 0. The summed E-state index contributed by atoms with van der Waals surface area (Å²) in [4.78, 5) is 0. The molecule has 12 heavy (non-hydrogen) atoms. The minimum absolute atomic E-state index is 0.561. The summed E-state index contributed by atoms with van der Waals surface area (Å²) >= 11 is 0. The maximum Gasteiger partial charge on any atom is -0.00276 e. The molecule has 2 aliphatic carbocycles. The quantitative estimate of drug-likeness (QED) is 0.544. The van der Waals surface area contributed by atoms with Gasteiger partial charge in [0.2, 0.25) is 0 Å². The molecule has 1 aromatic carbocycles. The predicted octanol–water partition coefficient (Wildman–Crippen LogP) is 3.22. The first-order chi connectivity index (χ1) is 5.62. The van der Waals surface area contributed by atoms with Gasteiger partial charge < -0.3 is 0 Å². The summed E-state index contributed by atoms with van der Waals surface area (Å²) in [5, 5.41) is 0. The van der Waals surface area contributed by atoms with Crippen molar-refractivity contribution in [1.82, 2.24) is 0 Å². The van der Waals surface area contributed by atoms with Crippen LogP contribution in [0.4, 0.5) is 0 Å². The first-order valence-electron chi connectivity index (χ1n) is 4.73. The van der Waals surface area contributed by atoms with Crippen LogP contribution in [0.15, 0.2) is 18.2 Å². The molecule has 2 unspecified atom stereocenters. The Morgan fingerprint density at radius 2 is 1.92 bits per heavy atom. The summed E-state index contributed by atoms with van der Waals surface area (Å²) < 4.78 is 0. The number of rotatable bonds is 0. The second-order valence-electron chi connectivity index (χ2n) is 4.89. The van der Waals surface area contributed by atoms with E-state index in [0.717, 1.165) is 11.8 Å². The van der Waals surface area contributed by atoms with E-state index in [4.69, 9.17) is 0 Å². The van der Waals surface area contributed by atoms with E-state index < -0.39 is 0 Å². The van der Waals surface area contributed by atoms with Crippen molar-refractivity contribution >= 4 is 0 Å². The van der Waals surface area contributed by atoms with Gasteiger partial charge in [0.05, 0.1) is 0 Å². The van der Waals surface area contributed by atoms with Crippen molar-refractivity contribution in [3.05, 3.63) is 34.9 Å². The van der Waals surface area contributed by atoms with Crippen LogP contribution in [0.5, 0.6) is 0 Å². The van der Waals surface area contributed by atoms with E-state index >= 15 is 0 Å². The second-order valence-corrected chi connectivity index (χ2v) is 4.89. The van der Waals surface area contributed by atoms with Crippen molar-refractivity contribution in [3.8, 4) is 0 Å². The smallest absolute Gasteiger partial charge is 0.00276 e. The molecule has 0 nitrogen and oxygen atoms in total. The molecule has 1 fully saturated rings. The summed E-state index contributed by atoms with van der Waals surface area (Å²) in [5.74, 6) is 1.70. The lowest BCUT2D eigenvalue weighted by molar-refractivity contribution is 0.593. The number of aryl methyl sites for hydroxylation is 1. The topological polar surface area (TPSA) is 0 Å². The molecular formula is C12H14. The van der Waals surface area contributed by atoms with Gasteiger partial charge in [-0.05, 0) is 40.9 Å². The molecule has 0 radical (unpaired) electrons. The largest absolute Gasteiger partial charge is 0.0588 e. The van der Waals surface area contributed by atoms with Gasteiger partial charge >= 0.3 is 0 Å². The van der Waals surface area contributed by atoms with Crippen molar-refractivity contribution < 1.29 is 0 Å². The zero-order chi connectivity index (χ0) is 8.51. The second kappa shape index (κ2) is 1.61. The molecule has 0 aliphatic heterocycles. The van der Waals surface area contributed by atoms with Gasteiger partial charge in [0.15, 0.2) is 0 Å². The van der Waals surface area contributed by atoms with Gasteiger partial charge in [-0.2, -0.15) is 0 Å². The van der Waals surface area contributed by atoms with Gasteiger partial charge in [-0.25, -0.2) is 0 Å². The Balaban J connectivity index is 2.22. The highest BCUT2D eigenvalue weighted by Gasteiger charge is 2.62. The Kier molecular flexibility index (Phi) is 0.900. The molecule has 0 heteroatoms. The van der Waals surface area contributed by atoms with Crippen LogP contribution in [0.25, 0.3) is 0 Å². The molecule has 2 bridgehead atoms. The van der Waals surface area contributed by atoms with E-state index in [9.17, 15) is 0 Å². The lowest BCUT2D eigenvalue weighted by Gasteiger charge is -2.09. The zero-order valence-corrected chi connectivity index (χ0v) is 7.89. The molecule has 2 atom stereocenters. The molecule has 1 saturated carbocycles. The molecular weight excluding hydrogens is 144 g/mol. The summed E-state index contributed by atoms with van der Waals surface area (Å²) in [5.41, 5.74) is 5.23. The molecule has 0 amide bonds. The average molecular weight is 158 g/mol. The number of fused-ring (bicyclic) bond motifs is 5. The number of hydrogen-bond acceptors (Lipinski definition) is 0. The lowest BCUT2D eigenvalue weighted by Crippen LogP contribution is -1.96. The highest BCUT2D eigenvalue weighted by molar-refractivity contribution is 5.53. The fourth-order valence-electron chi connectivity index (χ4n) is 3.03. The van der Waals surface area contributed by atoms with E-state index in [1.165, 1.54) is 5.56 Å². The van der Waals surface area contributed by atoms with Gasteiger partial charge in [-0.3, -0.25) is 0 Å². The van der Waals surface area contributed by atoms with Crippen molar-refractivity contribution in [2.75, 3.05) is 0 Å². The van der Waals surface area contributed by atoms with E-state index in [0.29, 0.717) is 5.41 Å². The Morgan fingerprint density at radius 3 is 2.67 bits per heavy atom. The van der Waals surface area contributed by atoms with Crippen LogP contribution in [0, 0.1) is 12.3 Å². The molecule has 0 aromatic heterocycles. The molecule has 62 valence electrons. The first-order valence-corrected chi connectivity index (χ1v) is 4.73. The van der Waals surface area contributed by atoms with Crippen molar-refractivity contribution in [1.29, 1.82) is 0 Å². The Bertz CT molecular complexity index is 360. The molecule has 2 aliphatic rings. The highest BCUT2D eigenvalue weighted by atomic mass is 14.6. The van der Waals surface area contributed by atoms with Gasteiger partial charge in [0, 0.05) is 0 Å². The minimum atomic E-state index is 0.561. The van der Waals surface area contributed by atoms with E-state index in [1.807, 2.05) is 0 Å². The Hall–Kier alpha value is -0.780. The lowest BCUT2D eigenvalue weighted by atomic mass is 9.95. The van der Waals surface area contributed by atoms with Crippen molar-refractivity contribution in [2.45, 2.75) is 32.6 Å². The first kappa shape index (κ1) is 6.71. The fraction of sp³-hybridized carbons (Fsp3) is 0.500. The van der Waals surface area contributed by atoms with E-state index in [1.54, 1.807) is 11.1 Å². The molecule has 3 rings (SSSR count). The highest BCUT2D eigenvalue weighted by Crippen LogP contribution is 2.73. The summed E-state index contributed by atoms with van der Waals surface area (Å²) in [6, 6.07) is 6.97. The fourth-order valence-corrected chi connectivity index (χ4v) is 3.03. The van der Waals surface area contributed by atoms with Crippen LogP contribution >= 0.6 is 0 Å². The number of benzene rings is 1. The monoisotopic (exact) mass is 158 g/mol. The van der Waals surface area contributed by atoms with Gasteiger partial charge in [-0.1, -0.05) is 32.0 Å². The Labute approximate surface area is 73.6 Å². The zero-order valence-electron chi connectivity index (χ0n) is 7.89. The molecule has 0 spiro atoms. The van der Waals surface area contributed by atoms with Gasteiger partial charge in [-0.15, -0.1) is 0 Å². The van der Waals surface area contributed by atoms with Crippen LogP contribution in [0.3, 0.4) is 0 Å². The third kappa shape index (κ3) is 0.532. The average Bonchev–Trinajstić information content (AvgIpc) is 2.46. The SMILES string of the molecule is Cc1ccc2cc1C1C2C1(C)C. The minimum Gasteiger partial charge on any atom is -0.0588 e. The van der Waals surface area contributed by atoms with Crippen LogP contribution in [-0.4, -0.2) is 0 Å². The summed E-state index contributed by atoms with van der Waals surface area (Å²) in [7, 11) is 0. The van der Waals surface area contributed by atoms with E-state index in [2.05, 4.69) is 39.0 Å². The van der Waals surface area contributed by atoms with Crippen LogP contribution in [0.2, 0.25) is 0 Å². The maximum atomic E-state index is 2.40. The van der Waals surface area contributed by atoms with Crippen LogP contribution < -0.4 is 0 Å². The predicted molar refractivity (Wildman–Crippen MR) is 50.4 cm³/mol. The standard InChI is InChI=1S/C12H14/c1-7-4-5-8-6-9(7)11-10(8)12(11,2)3/h4-6,10-11H,1-3H3. The van der Waals surface area contributed by atoms with E-state index in [-0.39, 0.29) is 0 Å². The molecule has 1 aromatic rings. The molecule has 0 saturated heterocycles. The third-order valence-electron chi connectivity index (χ3n) is 3.82.